The third-order valence-corrected chi connectivity index (χ3v) is 7.90. The molecule has 212 valence electrons. The second-order valence-electron chi connectivity index (χ2n) is 10.5. The second kappa shape index (κ2) is 11.0. The Morgan fingerprint density at radius 1 is 1.05 bits per heavy atom. The molecule has 0 spiro atoms. The first-order valence-corrected chi connectivity index (χ1v) is 13.9. The van der Waals surface area contributed by atoms with Crippen molar-refractivity contribution in [1.29, 1.82) is 0 Å². The lowest BCUT2D eigenvalue weighted by atomic mass is 10.0. The highest BCUT2D eigenvalue weighted by atomic mass is 35.5. The number of imidazole rings is 1. The zero-order chi connectivity index (χ0) is 28.7. The Bertz CT molecular complexity index is 1640. The van der Waals surface area contributed by atoms with Gasteiger partial charge in [0.25, 0.3) is 17.4 Å². The van der Waals surface area contributed by atoms with Crippen LogP contribution in [0.4, 0.5) is 11.4 Å². The number of benzene rings is 2. The van der Waals surface area contributed by atoms with Gasteiger partial charge < -0.3 is 30.6 Å². The average Bonchev–Trinajstić information content (AvgIpc) is 3.47. The maximum absolute atomic E-state index is 13.3. The monoisotopic (exact) mass is 575 g/mol. The van der Waals surface area contributed by atoms with E-state index in [-0.39, 0.29) is 47.9 Å². The van der Waals surface area contributed by atoms with Gasteiger partial charge in [0.15, 0.2) is 0 Å². The molecule has 6 rings (SSSR count). The number of aliphatic hydroxyl groups is 1. The highest BCUT2D eigenvalue weighted by Crippen LogP contribution is 2.32. The molecule has 2 amide bonds. The van der Waals surface area contributed by atoms with Crippen LogP contribution in [0.15, 0.2) is 53.5 Å². The third-order valence-electron chi connectivity index (χ3n) is 7.67. The molecule has 12 heteroatoms. The maximum Gasteiger partial charge on any atom is 0.261 e. The van der Waals surface area contributed by atoms with Crippen LogP contribution in [0.2, 0.25) is 5.02 Å². The van der Waals surface area contributed by atoms with Crippen LogP contribution in [0.3, 0.4) is 0 Å². The lowest BCUT2D eigenvalue weighted by Crippen LogP contribution is -2.46. The number of imide groups is 1. The number of aliphatic hydroxyl groups excluding tert-OH is 1. The molecule has 2 aliphatic heterocycles. The Hall–Kier alpha value is -4.19. The van der Waals surface area contributed by atoms with Crippen LogP contribution in [0.5, 0.6) is 0 Å². The molecule has 0 bridgehead atoms. The van der Waals surface area contributed by atoms with E-state index in [0.29, 0.717) is 32.9 Å². The van der Waals surface area contributed by atoms with E-state index in [4.69, 9.17) is 11.6 Å². The van der Waals surface area contributed by atoms with Gasteiger partial charge in [-0.2, -0.15) is 0 Å². The number of hydrogen-bond donors (Lipinski definition) is 5. The van der Waals surface area contributed by atoms with Crippen molar-refractivity contribution in [2.24, 2.45) is 0 Å². The predicted octanol–water partition coefficient (Wildman–Crippen LogP) is 3.15. The highest BCUT2D eigenvalue weighted by Gasteiger charge is 2.41. The van der Waals surface area contributed by atoms with E-state index in [0.717, 1.165) is 31.6 Å². The topological polar surface area (TPSA) is 146 Å². The number of hydrogen-bond acceptors (Lipinski definition) is 8. The Labute approximate surface area is 240 Å². The predicted molar refractivity (Wildman–Crippen MR) is 158 cm³/mol. The van der Waals surface area contributed by atoms with Crippen molar-refractivity contribution in [2.45, 2.75) is 25.0 Å². The second-order valence-corrected chi connectivity index (χ2v) is 11.0. The molecule has 2 aromatic carbocycles. The first kappa shape index (κ1) is 27.0. The van der Waals surface area contributed by atoms with Crippen molar-refractivity contribution in [1.82, 2.24) is 24.8 Å². The van der Waals surface area contributed by atoms with Gasteiger partial charge in [-0.05, 0) is 69.4 Å². The van der Waals surface area contributed by atoms with Gasteiger partial charge >= 0.3 is 0 Å². The molecule has 0 aliphatic carbocycles. The summed E-state index contributed by atoms with van der Waals surface area (Å²) in [4.78, 5) is 53.5. The smallest absolute Gasteiger partial charge is 0.261 e. The van der Waals surface area contributed by atoms with Crippen LogP contribution in [0, 0.1) is 0 Å². The number of likely N-dealkylation sites (tertiary alicyclic amines) is 1. The van der Waals surface area contributed by atoms with Crippen molar-refractivity contribution in [3.63, 3.8) is 0 Å². The molecule has 2 aliphatic rings. The van der Waals surface area contributed by atoms with Gasteiger partial charge in [-0.3, -0.25) is 19.3 Å². The Morgan fingerprint density at radius 3 is 2.54 bits per heavy atom. The molecule has 2 aromatic heterocycles. The van der Waals surface area contributed by atoms with Crippen molar-refractivity contribution in [2.75, 3.05) is 43.9 Å². The summed E-state index contributed by atoms with van der Waals surface area (Å²) < 4.78 is 0. The first-order valence-electron chi connectivity index (χ1n) is 13.5. The van der Waals surface area contributed by atoms with Gasteiger partial charge in [0.05, 0.1) is 34.0 Å². The lowest BCUT2D eigenvalue weighted by Gasteiger charge is -2.33. The molecule has 1 saturated heterocycles. The number of aromatic amines is 2. The van der Waals surface area contributed by atoms with Crippen molar-refractivity contribution in [3.05, 3.63) is 75.2 Å². The van der Waals surface area contributed by atoms with Gasteiger partial charge in [-0.25, -0.2) is 4.98 Å². The first-order chi connectivity index (χ1) is 19.8. The van der Waals surface area contributed by atoms with E-state index in [1.165, 1.54) is 11.1 Å². The maximum atomic E-state index is 13.3. The third kappa shape index (κ3) is 5.31. The van der Waals surface area contributed by atoms with Crippen LogP contribution < -0.4 is 16.2 Å². The van der Waals surface area contributed by atoms with E-state index in [9.17, 15) is 19.5 Å². The number of piperidine rings is 1. The fourth-order valence-electron chi connectivity index (χ4n) is 5.46. The van der Waals surface area contributed by atoms with E-state index in [1.807, 2.05) is 19.2 Å². The minimum atomic E-state index is -0.774. The van der Waals surface area contributed by atoms with Crippen LogP contribution in [-0.4, -0.2) is 87.0 Å². The molecule has 0 saturated carbocycles. The highest BCUT2D eigenvalue weighted by molar-refractivity contribution is 6.30. The van der Waals surface area contributed by atoms with Crippen LogP contribution in [0.1, 0.15) is 33.6 Å². The van der Waals surface area contributed by atoms with Gasteiger partial charge in [0.1, 0.15) is 11.4 Å². The SMILES string of the molecule is CN1CCC(N2C(=O)c3cc4nc(-c5c(NCC(O)CNc6cccc(Cl)c6)cc[nH]c5=O)[nH]c4cc3C2=O)CC1. The lowest BCUT2D eigenvalue weighted by molar-refractivity contribution is 0.0516. The number of rotatable bonds is 8. The molecular weight excluding hydrogens is 546 g/mol. The molecule has 4 aromatic rings. The van der Waals surface area contributed by atoms with Crippen LogP contribution >= 0.6 is 11.6 Å². The molecule has 11 nitrogen and oxygen atoms in total. The molecule has 0 radical (unpaired) electrons. The number of carbonyl (C=O) groups is 2. The average molecular weight is 576 g/mol. The number of amides is 2. The number of nitrogens with one attached hydrogen (secondary N) is 4. The minimum absolute atomic E-state index is 0.118. The number of aromatic nitrogens is 3. The van der Waals surface area contributed by atoms with Crippen molar-refractivity contribution >= 4 is 45.8 Å². The summed E-state index contributed by atoms with van der Waals surface area (Å²) in [7, 11) is 2.03. The quantitative estimate of drug-likeness (QED) is 0.201. The van der Waals surface area contributed by atoms with Gasteiger partial charge in [0, 0.05) is 36.0 Å². The summed E-state index contributed by atoms with van der Waals surface area (Å²) in [6.45, 7) is 2.09. The molecule has 1 unspecified atom stereocenters. The summed E-state index contributed by atoms with van der Waals surface area (Å²) in [5.41, 5.74) is 2.83. The molecule has 4 heterocycles. The summed E-state index contributed by atoms with van der Waals surface area (Å²) in [5, 5.41) is 17.4. The van der Waals surface area contributed by atoms with E-state index >= 15 is 0 Å². The van der Waals surface area contributed by atoms with Crippen LogP contribution in [-0.2, 0) is 0 Å². The minimum Gasteiger partial charge on any atom is -0.389 e. The number of fused-ring (bicyclic) bond motifs is 2. The van der Waals surface area contributed by atoms with Crippen LogP contribution in [0.25, 0.3) is 22.4 Å². The number of halogens is 1. The van der Waals surface area contributed by atoms with E-state index in [2.05, 4.69) is 30.5 Å². The van der Waals surface area contributed by atoms with Crippen molar-refractivity contribution < 1.29 is 14.7 Å². The van der Waals surface area contributed by atoms with Crippen molar-refractivity contribution in [3.8, 4) is 11.4 Å². The number of carbonyl (C=O) groups excluding carboxylic acids is 2. The molecule has 1 fully saturated rings. The number of anilines is 2. The van der Waals surface area contributed by atoms with Gasteiger partial charge in [-0.1, -0.05) is 17.7 Å². The fraction of sp³-hybridized carbons (Fsp3) is 0.310. The fourth-order valence-corrected chi connectivity index (χ4v) is 5.65. The summed E-state index contributed by atoms with van der Waals surface area (Å²) in [6, 6.07) is 12.0. The summed E-state index contributed by atoms with van der Waals surface area (Å²) >= 11 is 6.01. The zero-order valence-electron chi connectivity index (χ0n) is 22.4. The summed E-state index contributed by atoms with van der Waals surface area (Å²) in [5.74, 6) is -0.309. The molecule has 1 atom stereocenters. The zero-order valence-corrected chi connectivity index (χ0v) is 23.2. The Balaban J connectivity index is 1.21. The molecular formula is C29H30ClN7O4. The van der Waals surface area contributed by atoms with Gasteiger partial charge in [0.2, 0.25) is 0 Å². The summed E-state index contributed by atoms with van der Waals surface area (Å²) in [6.07, 6.45) is 2.24. The van der Waals surface area contributed by atoms with E-state index in [1.54, 1.807) is 30.3 Å². The number of H-pyrrole nitrogens is 2. The number of pyridine rings is 1. The van der Waals surface area contributed by atoms with E-state index < -0.39 is 6.10 Å². The Kier molecular flexibility index (Phi) is 7.24. The molecule has 5 N–H and O–H groups in total. The normalized spacial score (nSPS) is 16.8. The molecule has 41 heavy (non-hydrogen) atoms. The standard InChI is InChI=1S/C29H30ClN7O4/c1-36-9-6-18(7-10-36)37-28(40)20-12-23-24(13-21(20)29(37)41)35-26(34-23)25-22(5-8-31-27(25)39)33-15-19(38)14-32-17-4-2-3-16(30)11-17/h2-5,8,11-13,18-19,32,38H,6-7,9-10,14-15H2,1H3,(H,34,35)(H2,31,33,39). The Morgan fingerprint density at radius 2 is 1.78 bits per heavy atom. The van der Waals surface area contributed by atoms with Gasteiger partial charge in [-0.15, -0.1) is 0 Å². The number of nitrogens with zero attached hydrogens (tertiary/aromatic N) is 3. The largest absolute Gasteiger partial charge is 0.389 e.